The van der Waals surface area contributed by atoms with Gasteiger partial charge in [-0.05, 0) is 147 Å². The fourth-order valence-electron chi connectivity index (χ4n) is 17.1. The molecular formula is C99H132N18O15. The van der Waals surface area contributed by atoms with Gasteiger partial charge in [-0.2, -0.15) is 0 Å². The lowest BCUT2D eigenvalue weighted by molar-refractivity contribution is -0.142. The molecule has 12 rings (SSSR count). The van der Waals surface area contributed by atoms with E-state index < -0.39 is 108 Å². The predicted molar refractivity (Wildman–Crippen MR) is 504 cm³/mol. The highest BCUT2D eigenvalue weighted by atomic mass is 16.4. The number of pyridine rings is 3. The topological polar surface area (TPSA) is 437 Å². The summed E-state index contributed by atoms with van der Waals surface area (Å²) in [7, 11) is 5.72. The number of aliphatic carboxylic acids is 3. The van der Waals surface area contributed by atoms with Crippen molar-refractivity contribution in [1.82, 2.24) is 91.2 Å². The van der Waals surface area contributed by atoms with Crippen molar-refractivity contribution in [3.05, 3.63) is 198 Å². The summed E-state index contributed by atoms with van der Waals surface area (Å²) < 4.78 is 5.85. The summed E-state index contributed by atoms with van der Waals surface area (Å²) in [5.41, 5.74) is 6.93. The largest absolute Gasteiger partial charge is 0.480 e. The Hall–Kier alpha value is -13.2. The molecule has 0 radical (unpaired) electrons. The van der Waals surface area contributed by atoms with Crippen LogP contribution in [-0.2, 0) is 103 Å². The van der Waals surface area contributed by atoms with Crippen LogP contribution in [0.1, 0.15) is 172 Å². The third kappa shape index (κ3) is 30.4. The molecule has 3 aliphatic heterocycles. The molecule has 0 spiro atoms. The lowest BCUT2D eigenvalue weighted by Gasteiger charge is -2.28. The summed E-state index contributed by atoms with van der Waals surface area (Å²) in [6, 6.07) is 28.3. The third-order valence-corrected chi connectivity index (χ3v) is 24.0. The van der Waals surface area contributed by atoms with E-state index in [9.17, 15) is 72.9 Å². The number of rotatable bonds is 36. The normalized spacial score (nSPS) is 15.7. The number of aromatic nitrogens is 6. The molecule has 3 aromatic carbocycles. The van der Waals surface area contributed by atoms with E-state index >= 15 is 0 Å². The van der Waals surface area contributed by atoms with Crippen LogP contribution in [0.3, 0.4) is 0 Å². The van der Waals surface area contributed by atoms with Crippen LogP contribution >= 0.6 is 0 Å². The number of fused-ring (bicyclic) bond motifs is 3. The first-order valence-corrected chi connectivity index (χ1v) is 46.3. The summed E-state index contributed by atoms with van der Waals surface area (Å²) in [6.45, 7) is 15.6. The van der Waals surface area contributed by atoms with Crippen LogP contribution in [0.25, 0.3) is 32.7 Å². The van der Waals surface area contributed by atoms with Crippen LogP contribution < -0.4 is 47.9 Å². The Labute approximate surface area is 771 Å². The summed E-state index contributed by atoms with van der Waals surface area (Å²) >= 11 is 0. The number of carbonyl (C=O) groups excluding carboxylic acids is 9. The van der Waals surface area contributed by atoms with E-state index in [1.807, 2.05) is 168 Å². The van der Waals surface area contributed by atoms with E-state index in [1.165, 1.54) is 0 Å². The number of benzene rings is 3. The van der Waals surface area contributed by atoms with Gasteiger partial charge in [0.25, 0.3) is 0 Å². The Morgan fingerprint density at radius 1 is 0.280 bits per heavy atom. The minimum absolute atomic E-state index is 0.0152. The molecule has 3 aliphatic rings. The highest BCUT2D eigenvalue weighted by Crippen LogP contribution is 2.27. The average molecular weight is 1810 g/mol. The number of likely N-dealkylation sites (tertiary alicyclic amines) is 3. The molecular weight excluding hydrogens is 1680 g/mol. The van der Waals surface area contributed by atoms with Gasteiger partial charge in [0.2, 0.25) is 35.4 Å². The minimum atomic E-state index is -1.25. The Bertz CT molecular complexity index is 4810. The second-order valence-electron chi connectivity index (χ2n) is 36.0. The van der Waals surface area contributed by atoms with Gasteiger partial charge in [-0.1, -0.05) is 153 Å². The summed E-state index contributed by atoms with van der Waals surface area (Å²) in [6.07, 6.45) is 23.9. The maximum atomic E-state index is 13.8. The predicted octanol–water partition coefficient (Wildman–Crippen LogP) is 10.2. The first kappa shape index (κ1) is 101. The van der Waals surface area contributed by atoms with Crippen LogP contribution in [0, 0.1) is 17.8 Å². The van der Waals surface area contributed by atoms with Crippen LogP contribution in [0.5, 0.6) is 0 Å². The number of aryl methyl sites for hydroxylation is 3. The molecule has 0 bridgehead atoms. The van der Waals surface area contributed by atoms with Crippen LogP contribution in [0.4, 0.5) is 14.4 Å². The van der Waals surface area contributed by atoms with Gasteiger partial charge in [0.1, 0.15) is 54.4 Å². The Morgan fingerprint density at radius 2 is 0.500 bits per heavy atom. The van der Waals surface area contributed by atoms with E-state index in [2.05, 4.69) is 62.8 Å². The highest BCUT2D eigenvalue weighted by Gasteiger charge is 2.37. The number of nitrogens with zero attached hydrogens (tertiary/aromatic N) is 9. The molecule has 12 amide bonds. The molecule has 0 unspecified atom stereocenters. The molecule has 9 atom stereocenters. The SMILES string of the molecule is CC(C)C[C@H](NC(=O)N1CCCCCC1)C(=O)N[C@H](Cc1cn(C)c2ccccc12)C(=O)N[C@H](Cc1ccccn1)C(=O)O.CC(C)C[C@H](NC(=O)N1CCCCCC1)C(=O)N[C@H](Cc1cn(C)c2ccccc12)C(=O)N[C@H](Cc1ccccn1)C(=O)O.CC(C)C[C@H](NC(=O)N1CCCCCC1)C(=O)N[C@H](Cc1cn(C)c2ccccc12)C(=O)N[C@H](Cc1ccccn1)C(=O)O. The van der Waals surface area contributed by atoms with Gasteiger partial charge in [-0.15, -0.1) is 0 Å². The van der Waals surface area contributed by atoms with E-state index in [-0.39, 0.29) is 74.4 Å². The Morgan fingerprint density at radius 3 is 0.720 bits per heavy atom. The zero-order valence-electron chi connectivity index (χ0n) is 77.4. The Balaban J connectivity index is 0.000000205. The maximum absolute atomic E-state index is 13.8. The first-order chi connectivity index (χ1) is 63.4. The zero-order chi connectivity index (χ0) is 94.9. The number of urea groups is 3. The molecule has 12 N–H and O–H groups in total. The highest BCUT2D eigenvalue weighted by molar-refractivity contribution is 5.98. The lowest BCUT2D eigenvalue weighted by atomic mass is 10.0. The van der Waals surface area contributed by atoms with Crippen molar-refractivity contribution in [3.63, 3.8) is 0 Å². The van der Waals surface area contributed by atoms with Gasteiger partial charge in [-0.25, -0.2) is 28.8 Å². The number of hydrogen-bond acceptors (Lipinski definition) is 15. The zero-order valence-corrected chi connectivity index (χ0v) is 77.4. The van der Waals surface area contributed by atoms with Crippen LogP contribution in [-0.4, -0.2) is 224 Å². The van der Waals surface area contributed by atoms with Crippen LogP contribution in [0.15, 0.2) is 165 Å². The van der Waals surface area contributed by atoms with E-state index in [4.69, 9.17) is 0 Å². The number of hydrogen-bond donors (Lipinski definition) is 12. The molecule has 3 saturated heterocycles. The molecule has 0 saturated carbocycles. The van der Waals surface area contributed by atoms with Crippen molar-refractivity contribution in [2.45, 2.75) is 231 Å². The van der Waals surface area contributed by atoms with Gasteiger partial charge in [0, 0.05) is 186 Å². The van der Waals surface area contributed by atoms with Gasteiger partial charge >= 0.3 is 36.0 Å². The standard InChI is InChI=1S/3C33H44N6O5/c3*1-22(2)18-26(37-33(44)39-16-10-4-5-11-17-39)30(40)35-27(19-23-21-38(3)29-14-7-6-13-25(23)29)31(41)36-28(32(42)43)20-24-12-8-9-15-34-24/h3*6-9,12-15,21-22,26-28H,4-5,10-11,16-20H2,1-3H3,(H,35,40)(H,36,41)(H,37,44)(H,42,43)/t3*26-,27+,28+/m000/s1. The molecule has 3 fully saturated rings. The fraction of sp³-hybridized carbons (Fsp3) is 0.485. The third-order valence-electron chi connectivity index (χ3n) is 24.0. The molecule has 6 aromatic heterocycles. The maximum Gasteiger partial charge on any atom is 0.326 e. The second kappa shape index (κ2) is 50.2. The number of carbonyl (C=O) groups is 12. The average Bonchev–Trinajstić information content (AvgIpc) is 1.66. The molecule has 9 aromatic rings. The molecule has 132 heavy (non-hydrogen) atoms. The van der Waals surface area contributed by atoms with E-state index in [0.29, 0.717) is 75.6 Å². The second-order valence-corrected chi connectivity index (χ2v) is 36.0. The molecule has 33 heteroatoms. The van der Waals surface area contributed by atoms with Gasteiger partial charge < -0.3 is 91.6 Å². The summed E-state index contributed by atoms with van der Waals surface area (Å²) in [5, 5.41) is 57.8. The van der Waals surface area contributed by atoms with E-state index in [0.717, 1.165) is 126 Å². The summed E-state index contributed by atoms with van der Waals surface area (Å²) in [5.74, 6) is -6.69. The van der Waals surface area contributed by atoms with E-state index in [1.54, 1.807) is 87.9 Å². The van der Waals surface area contributed by atoms with Crippen LogP contribution in [0.2, 0.25) is 0 Å². The first-order valence-electron chi connectivity index (χ1n) is 46.3. The molecule has 708 valence electrons. The lowest BCUT2D eigenvalue weighted by Crippen LogP contribution is -2.58. The van der Waals surface area contributed by atoms with Gasteiger partial charge in [-0.3, -0.25) is 43.7 Å². The minimum Gasteiger partial charge on any atom is -0.480 e. The number of carboxylic acids is 3. The number of nitrogens with one attached hydrogen (secondary N) is 9. The smallest absolute Gasteiger partial charge is 0.326 e. The van der Waals surface area contributed by atoms with Crippen molar-refractivity contribution in [2.24, 2.45) is 38.9 Å². The van der Waals surface area contributed by atoms with Gasteiger partial charge in [0.05, 0.1) is 0 Å². The van der Waals surface area contributed by atoms with Crippen molar-refractivity contribution < 1.29 is 72.9 Å². The molecule has 0 aliphatic carbocycles. The Kier molecular flexibility index (Phi) is 38.4. The van der Waals surface area contributed by atoms with Gasteiger partial charge in [0.15, 0.2) is 0 Å². The van der Waals surface area contributed by atoms with Crippen molar-refractivity contribution >= 4 is 104 Å². The van der Waals surface area contributed by atoms with Crippen molar-refractivity contribution in [3.8, 4) is 0 Å². The van der Waals surface area contributed by atoms with Crippen molar-refractivity contribution in [2.75, 3.05) is 39.3 Å². The molecule has 9 heterocycles. The monoisotopic (exact) mass is 1810 g/mol. The summed E-state index contributed by atoms with van der Waals surface area (Å²) in [4.78, 5) is 177. The number of carboxylic acid groups (broad SMARTS) is 3. The number of amides is 12. The van der Waals surface area contributed by atoms with Crippen molar-refractivity contribution in [1.29, 1.82) is 0 Å². The molecule has 33 nitrogen and oxygen atoms in total. The fourth-order valence-corrected chi connectivity index (χ4v) is 17.1. The number of para-hydroxylation sites is 3. The quantitative estimate of drug-likeness (QED) is 0.0174.